The maximum absolute atomic E-state index is 13.5. The van der Waals surface area contributed by atoms with E-state index in [0.717, 1.165) is 31.2 Å². The average molecular weight is 463 g/mol. The lowest BCUT2D eigenvalue weighted by molar-refractivity contribution is -0.142. The first-order valence-electron chi connectivity index (χ1n) is 10.9. The van der Waals surface area contributed by atoms with Gasteiger partial charge in [0, 0.05) is 36.5 Å². The number of hydrogen-bond acceptors (Lipinski definition) is 4. The molecule has 1 aromatic heterocycles. The molecule has 0 radical (unpaired) electrons. The molecule has 1 aromatic carbocycles. The van der Waals surface area contributed by atoms with Crippen LogP contribution in [-0.4, -0.2) is 55.0 Å². The van der Waals surface area contributed by atoms with Crippen LogP contribution in [0.5, 0.6) is 0 Å². The zero-order valence-electron chi connectivity index (χ0n) is 18.3. The van der Waals surface area contributed by atoms with Crippen LogP contribution >= 0.6 is 22.9 Å². The van der Waals surface area contributed by atoms with Crippen molar-refractivity contribution >= 4 is 34.8 Å². The number of rotatable bonds is 10. The average Bonchev–Trinajstić information content (AvgIpc) is 3.25. The fourth-order valence-corrected chi connectivity index (χ4v) is 5.05. The molecule has 0 spiro atoms. The van der Waals surface area contributed by atoms with Gasteiger partial charge in [0.25, 0.3) is 0 Å². The molecule has 7 heteroatoms. The lowest BCUT2D eigenvalue weighted by Crippen LogP contribution is -2.47. The molecule has 1 atom stereocenters. The van der Waals surface area contributed by atoms with Crippen molar-refractivity contribution in [3.63, 3.8) is 0 Å². The molecule has 2 aromatic rings. The summed E-state index contributed by atoms with van der Waals surface area (Å²) in [6.45, 7) is 3.68. The Balaban J connectivity index is 1.79. The van der Waals surface area contributed by atoms with Gasteiger partial charge in [-0.15, -0.1) is 11.3 Å². The minimum atomic E-state index is -0.153. The van der Waals surface area contributed by atoms with Crippen LogP contribution in [-0.2, 0) is 20.7 Å². The third-order valence-electron chi connectivity index (χ3n) is 5.71. The number of carbonyl (C=O) groups is 2. The summed E-state index contributed by atoms with van der Waals surface area (Å²) in [5, 5.41) is 2.76. The molecule has 0 bridgehead atoms. The molecule has 0 N–H and O–H groups in total. The number of halogens is 1. The van der Waals surface area contributed by atoms with Crippen LogP contribution < -0.4 is 0 Å². The third kappa shape index (κ3) is 6.09. The summed E-state index contributed by atoms with van der Waals surface area (Å²) < 4.78 is 5.18. The standard InChI is InChI=1S/C24H31ClN2O3S/c1-3-4-5-6-22(28)26(14-15-30-2)17-23(29)27-13-11-21-20(12-16-31-21)24(27)18-7-9-19(25)10-8-18/h7-10,12,16,24H,3-6,11,13-15,17H2,1-2H3. The Morgan fingerprint density at radius 3 is 2.71 bits per heavy atom. The molecule has 31 heavy (non-hydrogen) atoms. The summed E-state index contributed by atoms with van der Waals surface area (Å²) in [4.78, 5) is 31.1. The van der Waals surface area contributed by atoms with Crippen molar-refractivity contribution in [2.75, 3.05) is 33.4 Å². The molecule has 168 valence electrons. The van der Waals surface area contributed by atoms with Crippen molar-refractivity contribution in [1.82, 2.24) is 9.80 Å². The van der Waals surface area contributed by atoms with E-state index in [4.69, 9.17) is 16.3 Å². The van der Waals surface area contributed by atoms with Gasteiger partial charge in [0.1, 0.15) is 0 Å². The number of unbranched alkanes of at least 4 members (excludes halogenated alkanes) is 2. The highest BCUT2D eigenvalue weighted by atomic mass is 35.5. The fourth-order valence-electron chi connectivity index (χ4n) is 4.02. The zero-order valence-corrected chi connectivity index (χ0v) is 19.9. The maximum Gasteiger partial charge on any atom is 0.242 e. The number of hydrogen-bond donors (Lipinski definition) is 0. The van der Waals surface area contributed by atoms with Gasteiger partial charge in [0.15, 0.2) is 0 Å². The molecule has 0 aliphatic carbocycles. The highest BCUT2D eigenvalue weighted by Crippen LogP contribution is 2.38. The SMILES string of the molecule is CCCCCC(=O)N(CCOC)CC(=O)N1CCc2sccc2C1c1ccc(Cl)cc1. The predicted molar refractivity (Wildman–Crippen MR) is 126 cm³/mol. The number of fused-ring (bicyclic) bond motifs is 1. The van der Waals surface area contributed by atoms with E-state index >= 15 is 0 Å². The van der Waals surface area contributed by atoms with E-state index in [9.17, 15) is 9.59 Å². The van der Waals surface area contributed by atoms with Crippen LogP contribution in [0.1, 0.15) is 54.7 Å². The Morgan fingerprint density at radius 1 is 1.23 bits per heavy atom. The second-order valence-corrected chi connectivity index (χ2v) is 9.29. The molecule has 1 unspecified atom stereocenters. The minimum absolute atomic E-state index is 0.0233. The van der Waals surface area contributed by atoms with Gasteiger partial charge in [-0.1, -0.05) is 43.5 Å². The molecule has 2 amide bonds. The number of carbonyl (C=O) groups excluding carboxylic acids is 2. The van der Waals surface area contributed by atoms with Crippen molar-refractivity contribution in [3.05, 3.63) is 56.7 Å². The highest BCUT2D eigenvalue weighted by molar-refractivity contribution is 7.10. The summed E-state index contributed by atoms with van der Waals surface area (Å²) >= 11 is 7.84. The molecular weight excluding hydrogens is 432 g/mol. The molecule has 2 heterocycles. The molecule has 0 saturated carbocycles. The Morgan fingerprint density at radius 2 is 2.00 bits per heavy atom. The second kappa shape index (κ2) is 11.7. The highest BCUT2D eigenvalue weighted by Gasteiger charge is 2.33. The van der Waals surface area contributed by atoms with Crippen LogP contribution in [0.2, 0.25) is 5.02 Å². The van der Waals surface area contributed by atoms with Gasteiger partial charge >= 0.3 is 0 Å². The number of ether oxygens (including phenoxy) is 1. The number of methoxy groups -OCH3 is 1. The van der Waals surface area contributed by atoms with Gasteiger partial charge < -0.3 is 14.5 Å². The van der Waals surface area contributed by atoms with E-state index in [1.54, 1.807) is 23.3 Å². The summed E-state index contributed by atoms with van der Waals surface area (Å²) in [5.41, 5.74) is 2.21. The normalized spacial score (nSPS) is 15.6. The van der Waals surface area contributed by atoms with Gasteiger partial charge in [0.2, 0.25) is 11.8 Å². The number of benzene rings is 1. The van der Waals surface area contributed by atoms with E-state index in [-0.39, 0.29) is 24.4 Å². The Hall–Kier alpha value is -1.89. The first-order valence-corrected chi connectivity index (χ1v) is 12.2. The minimum Gasteiger partial charge on any atom is -0.383 e. The summed E-state index contributed by atoms with van der Waals surface area (Å²) in [5.74, 6) is -0.00753. The van der Waals surface area contributed by atoms with Crippen LogP contribution in [0.15, 0.2) is 35.7 Å². The smallest absolute Gasteiger partial charge is 0.242 e. The molecule has 1 aliphatic heterocycles. The Labute approximate surface area is 193 Å². The van der Waals surface area contributed by atoms with E-state index in [1.807, 2.05) is 29.2 Å². The zero-order chi connectivity index (χ0) is 22.2. The van der Waals surface area contributed by atoms with Gasteiger partial charge in [-0.3, -0.25) is 9.59 Å². The first kappa shape index (κ1) is 23.8. The number of amides is 2. The van der Waals surface area contributed by atoms with Gasteiger partial charge in [-0.25, -0.2) is 0 Å². The monoisotopic (exact) mass is 462 g/mol. The Bertz CT molecular complexity index is 868. The van der Waals surface area contributed by atoms with E-state index < -0.39 is 0 Å². The van der Waals surface area contributed by atoms with Crippen molar-refractivity contribution in [1.29, 1.82) is 0 Å². The van der Waals surface area contributed by atoms with E-state index in [0.29, 0.717) is 31.1 Å². The van der Waals surface area contributed by atoms with Crippen LogP contribution in [0, 0.1) is 0 Å². The lowest BCUT2D eigenvalue weighted by Gasteiger charge is -2.37. The number of thiophene rings is 1. The Kier molecular flexibility index (Phi) is 8.93. The summed E-state index contributed by atoms with van der Waals surface area (Å²) in [6, 6.07) is 9.65. The largest absolute Gasteiger partial charge is 0.383 e. The maximum atomic E-state index is 13.5. The number of nitrogens with zero attached hydrogens (tertiary/aromatic N) is 2. The molecule has 3 rings (SSSR count). The second-order valence-electron chi connectivity index (χ2n) is 7.86. The van der Waals surface area contributed by atoms with Crippen molar-refractivity contribution in [2.45, 2.75) is 45.1 Å². The van der Waals surface area contributed by atoms with Gasteiger partial charge in [-0.05, 0) is 47.5 Å². The summed E-state index contributed by atoms with van der Waals surface area (Å²) in [7, 11) is 1.61. The molecule has 1 aliphatic rings. The van der Waals surface area contributed by atoms with Crippen LogP contribution in [0.4, 0.5) is 0 Å². The van der Waals surface area contributed by atoms with E-state index in [1.165, 1.54) is 10.4 Å². The van der Waals surface area contributed by atoms with Crippen molar-refractivity contribution in [3.8, 4) is 0 Å². The van der Waals surface area contributed by atoms with Crippen LogP contribution in [0.25, 0.3) is 0 Å². The summed E-state index contributed by atoms with van der Waals surface area (Å²) in [6.07, 6.45) is 4.24. The predicted octanol–water partition coefficient (Wildman–Crippen LogP) is 4.93. The van der Waals surface area contributed by atoms with Gasteiger partial charge in [0.05, 0.1) is 19.2 Å². The topological polar surface area (TPSA) is 49.9 Å². The third-order valence-corrected chi connectivity index (χ3v) is 6.96. The fraction of sp³-hybridized carbons (Fsp3) is 0.500. The molecule has 5 nitrogen and oxygen atoms in total. The molecule has 0 fully saturated rings. The van der Waals surface area contributed by atoms with Crippen molar-refractivity contribution < 1.29 is 14.3 Å². The molecule has 0 saturated heterocycles. The van der Waals surface area contributed by atoms with Crippen LogP contribution in [0.3, 0.4) is 0 Å². The lowest BCUT2D eigenvalue weighted by atomic mass is 9.93. The van der Waals surface area contributed by atoms with Crippen molar-refractivity contribution in [2.24, 2.45) is 0 Å². The molecular formula is C24H31ClN2O3S. The first-order chi connectivity index (χ1) is 15.0. The quantitative estimate of drug-likeness (QED) is 0.470. The van der Waals surface area contributed by atoms with E-state index in [2.05, 4.69) is 18.4 Å². The van der Waals surface area contributed by atoms with Gasteiger partial charge in [-0.2, -0.15) is 0 Å².